The largest absolute Gasteiger partial charge is 0.373 e. The van der Waals surface area contributed by atoms with E-state index in [9.17, 15) is 4.79 Å². The maximum absolute atomic E-state index is 11.1. The van der Waals surface area contributed by atoms with E-state index in [1.807, 2.05) is 32.0 Å². The molecule has 0 radical (unpaired) electrons. The molecule has 0 rings (SSSR count). The van der Waals surface area contributed by atoms with Crippen LogP contribution < -0.4 is 5.32 Å². The van der Waals surface area contributed by atoms with Crippen molar-refractivity contribution in [2.75, 3.05) is 21.1 Å². The van der Waals surface area contributed by atoms with Gasteiger partial charge in [0.05, 0.1) is 5.70 Å². The molecule has 1 amide bonds. The topological polar surface area (TPSA) is 32.3 Å². The molecule has 3 heteroatoms. The molecule has 0 heterocycles. The van der Waals surface area contributed by atoms with Gasteiger partial charge in [0.25, 0.3) is 5.91 Å². The molecule has 0 spiro atoms. The third-order valence-electron chi connectivity index (χ3n) is 1.34. The molecule has 0 aliphatic rings. The molecule has 0 aliphatic heterocycles. The molecule has 0 unspecified atom stereocenters. The second kappa shape index (κ2) is 4.77. The van der Waals surface area contributed by atoms with Gasteiger partial charge < -0.3 is 10.2 Å². The van der Waals surface area contributed by atoms with Crippen molar-refractivity contribution in [3.8, 4) is 0 Å². The lowest BCUT2D eigenvalue weighted by Gasteiger charge is -2.14. The summed E-state index contributed by atoms with van der Waals surface area (Å²) in [5.74, 6) is -0.0307. The first kappa shape index (κ1) is 10.0. The number of rotatable bonds is 3. The Kier molecular flexibility index (Phi) is 4.34. The van der Waals surface area contributed by atoms with Gasteiger partial charge in [-0.3, -0.25) is 4.79 Å². The van der Waals surface area contributed by atoms with Crippen LogP contribution in [0.5, 0.6) is 0 Å². The summed E-state index contributed by atoms with van der Waals surface area (Å²) in [6, 6.07) is 0. The van der Waals surface area contributed by atoms with E-state index in [0.717, 1.165) is 12.1 Å². The normalized spacial score (nSPS) is 11.1. The fourth-order valence-electron chi connectivity index (χ4n) is 0.800. The number of nitrogens with zero attached hydrogens (tertiary/aromatic N) is 1. The van der Waals surface area contributed by atoms with E-state index in [-0.39, 0.29) is 5.91 Å². The van der Waals surface area contributed by atoms with Crippen molar-refractivity contribution in [2.24, 2.45) is 0 Å². The number of allylic oxidation sites excluding steroid dienone is 1. The highest BCUT2D eigenvalue weighted by Crippen LogP contribution is 1.99. The molecule has 64 valence electrons. The lowest BCUT2D eigenvalue weighted by Crippen LogP contribution is -2.28. The molecule has 0 aromatic rings. The van der Waals surface area contributed by atoms with Crippen molar-refractivity contribution in [3.63, 3.8) is 0 Å². The van der Waals surface area contributed by atoms with Crippen LogP contribution in [0.15, 0.2) is 11.8 Å². The van der Waals surface area contributed by atoms with Crippen molar-refractivity contribution in [1.29, 1.82) is 0 Å². The average Bonchev–Trinajstić information content (AvgIpc) is 1.98. The summed E-state index contributed by atoms with van der Waals surface area (Å²) in [6.07, 6.45) is 2.78. The monoisotopic (exact) mass is 156 g/mol. The van der Waals surface area contributed by atoms with Crippen molar-refractivity contribution in [3.05, 3.63) is 11.8 Å². The van der Waals surface area contributed by atoms with Gasteiger partial charge >= 0.3 is 0 Å². The minimum Gasteiger partial charge on any atom is -0.373 e. The molecule has 0 aliphatic carbocycles. The van der Waals surface area contributed by atoms with Gasteiger partial charge in [-0.1, -0.05) is 13.0 Å². The van der Waals surface area contributed by atoms with Crippen molar-refractivity contribution in [1.82, 2.24) is 10.2 Å². The summed E-state index contributed by atoms with van der Waals surface area (Å²) < 4.78 is 0. The Balaban J connectivity index is 4.34. The SMILES string of the molecule is CC/C=C(/C(=O)NC)N(C)C. The molecule has 0 fully saturated rings. The molecule has 0 aromatic carbocycles. The van der Waals surface area contributed by atoms with Crippen LogP contribution in [0, 0.1) is 0 Å². The molecular formula is C8H16N2O. The molecule has 0 atom stereocenters. The summed E-state index contributed by atoms with van der Waals surface area (Å²) >= 11 is 0. The number of carbonyl (C=O) groups excluding carboxylic acids is 1. The van der Waals surface area contributed by atoms with Crippen LogP contribution in [0.3, 0.4) is 0 Å². The lowest BCUT2D eigenvalue weighted by molar-refractivity contribution is -0.118. The Bertz CT molecular complexity index is 161. The zero-order valence-electron chi connectivity index (χ0n) is 7.64. The van der Waals surface area contributed by atoms with Crippen LogP contribution in [-0.4, -0.2) is 32.0 Å². The highest BCUT2D eigenvalue weighted by Gasteiger charge is 2.07. The third-order valence-corrected chi connectivity index (χ3v) is 1.34. The van der Waals surface area contributed by atoms with Gasteiger partial charge in [0.15, 0.2) is 0 Å². The minimum atomic E-state index is -0.0307. The number of hydrogen-bond donors (Lipinski definition) is 1. The zero-order valence-corrected chi connectivity index (χ0v) is 7.64. The summed E-state index contributed by atoms with van der Waals surface area (Å²) in [6.45, 7) is 2.01. The smallest absolute Gasteiger partial charge is 0.266 e. The van der Waals surface area contributed by atoms with E-state index in [1.54, 1.807) is 7.05 Å². The molecule has 0 saturated heterocycles. The van der Waals surface area contributed by atoms with Crippen LogP contribution in [0.1, 0.15) is 13.3 Å². The minimum absolute atomic E-state index is 0.0307. The average molecular weight is 156 g/mol. The highest BCUT2D eigenvalue weighted by molar-refractivity contribution is 5.92. The van der Waals surface area contributed by atoms with Crippen molar-refractivity contribution >= 4 is 5.91 Å². The fourth-order valence-corrected chi connectivity index (χ4v) is 0.800. The molecular weight excluding hydrogens is 140 g/mol. The van der Waals surface area contributed by atoms with E-state index in [4.69, 9.17) is 0 Å². The first-order valence-corrected chi connectivity index (χ1v) is 3.73. The number of hydrogen-bond acceptors (Lipinski definition) is 2. The van der Waals surface area contributed by atoms with Crippen LogP contribution in [-0.2, 0) is 4.79 Å². The van der Waals surface area contributed by atoms with E-state index < -0.39 is 0 Å². The van der Waals surface area contributed by atoms with Crippen LogP contribution in [0.4, 0.5) is 0 Å². The third kappa shape index (κ3) is 3.07. The molecule has 0 aromatic heterocycles. The van der Waals surface area contributed by atoms with Gasteiger partial charge in [-0.2, -0.15) is 0 Å². The fraction of sp³-hybridized carbons (Fsp3) is 0.625. The van der Waals surface area contributed by atoms with E-state index in [2.05, 4.69) is 5.32 Å². The summed E-state index contributed by atoms with van der Waals surface area (Å²) in [7, 11) is 5.35. The lowest BCUT2D eigenvalue weighted by atomic mass is 10.3. The molecule has 3 nitrogen and oxygen atoms in total. The van der Waals surface area contributed by atoms with Gasteiger partial charge in [0.2, 0.25) is 0 Å². The number of likely N-dealkylation sites (N-methyl/N-ethyl adjacent to an activating group) is 2. The Morgan fingerprint density at radius 1 is 1.55 bits per heavy atom. The maximum atomic E-state index is 11.1. The first-order chi connectivity index (χ1) is 5.13. The Hall–Kier alpha value is -0.990. The van der Waals surface area contributed by atoms with Crippen LogP contribution in [0.25, 0.3) is 0 Å². The Morgan fingerprint density at radius 3 is 2.36 bits per heavy atom. The predicted octanol–water partition coefficient (Wildman–Crippen LogP) is 0.588. The van der Waals surface area contributed by atoms with E-state index >= 15 is 0 Å². The summed E-state index contributed by atoms with van der Waals surface area (Å²) in [5, 5.41) is 2.58. The predicted molar refractivity (Wildman–Crippen MR) is 46.1 cm³/mol. The summed E-state index contributed by atoms with van der Waals surface area (Å²) in [4.78, 5) is 12.9. The molecule has 11 heavy (non-hydrogen) atoms. The molecule has 0 bridgehead atoms. The van der Waals surface area contributed by atoms with Crippen molar-refractivity contribution in [2.45, 2.75) is 13.3 Å². The number of nitrogens with one attached hydrogen (secondary N) is 1. The summed E-state index contributed by atoms with van der Waals surface area (Å²) in [5.41, 5.74) is 0.718. The van der Waals surface area contributed by atoms with Gasteiger partial charge in [-0.15, -0.1) is 0 Å². The molecule has 1 N–H and O–H groups in total. The van der Waals surface area contributed by atoms with Gasteiger partial charge in [-0.25, -0.2) is 0 Å². The van der Waals surface area contributed by atoms with Gasteiger partial charge in [-0.05, 0) is 6.42 Å². The standard InChI is InChI=1S/C8H16N2O/c1-5-6-7(10(3)4)8(11)9-2/h6H,5H2,1-4H3,(H,9,11)/b7-6-. The maximum Gasteiger partial charge on any atom is 0.266 e. The van der Waals surface area contributed by atoms with E-state index in [0.29, 0.717) is 0 Å². The second-order valence-corrected chi connectivity index (χ2v) is 2.47. The number of amides is 1. The molecule has 0 saturated carbocycles. The first-order valence-electron chi connectivity index (χ1n) is 3.73. The second-order valence-electron chi connectivity index (χ2n) is 2.47. The van der Waals surface area contributed by atoms with Crippen molar-refractivity contribution < 1.29 is 4.79 Å². The zero-order chi connectivity index (χ0) is 8.85. The van der Waals surface area contributed by atoms with Gasteiger partial charge in [0, 0.05) is 21.1 Å². The number of carbonyl (C=O) groups is 1. The Labute approximate surface area is 68.1 Å². The van der Waals surface area contributed by atoms with Crippen LogP contribution in [0.2, 0.25) is 0 Å². The Morgan fingerprint density at radius 2 is 2.09 bits per heavy atom. The quantitative estimate of drug-likeness (QED) is 0.606. The van der Waals surface area contributed by atoms with Gasteiger partial charge in [0.1, 0.15) is 0 Å². The van der Waals surface area contributed by atoms with Crippen LogP contribution >= 0.6 is 0 Å². The van der Waals surface area contributed by atoms with E-state index in [1.165, 1.54) is 0 Å². The highest BCUT2D eigenvalue weighted by atomic mass is 16.2.